The summed E-state index contributed by atoms with van der Waals surface area (Å²) >= 11 is 0. The maximum atomic E-state index is 9.02. The monoisotopic (exact) mass is 246 g/mol. The Hall–Kier alpha value is -0.120. The van der Waals surface area contributed by atoms with Crippen molar-refractivity contribution in [3.8, 4) is 0 Å². The summed E-state index contributed by atoms with van der Waals surface area (Å²) in [5.74, 6) is 0. The number of hydrogen-bond donors (Lipinski definition) is 1. The van der Waals surface area contributed by atoms with Crippen molar-refractivity contribution in [1.29, 1.82) is 0 Å². The topological polar surface area (TPSA) is 38.7 Å². The van der Waals surface area contributed by atoms with Crippen molar-refractivity contribution >= 4 is 0 Å². The third kappa shape index (κ3) is 6.39. The normalized spacial score (nSPS) is 18.7. The molecule has 3 heteroatoms. The van der Waals surface area contributed by atoms with E-state index in [9.17, 15) is 0 Å². The molecule has 0 heterocycles. The summed E-state index contributed by atoms with van der Waals surface area (Å²) in [7, 11) is 0. The predicted octanol–water partition coefficient (Wildman–Crippen LogP) is 3.15. The first-order chi connectivity index (χ1) is 7.95. The van der Waals surface area contributed by atoms with Gasteiger partial charge >= 0.3 is 0 Å². The number of hydrogen-bond acceptors (Lipinski definition) is 3. The van der Waals surface area contributed by atoms with E-state index in [1.165, 1.54) is 0 Å². The van der Waals surface area contributed by atoms with Crippen LogP contribution in [0.2, 0.25) is 0 Å². The summed E-state index contributed by atoms with van der Waals surface area (Å²) in [6.07, 6.45) is 3.51. The molecule has 104 valence electrons. The van der Waals surface area contributed by atoms with Crippen LogP contribution in [0.4, 0.5) is 0 Å². The molecule has 3 nitrogen and oxygen atoms in total. The maximum absolute atomic E-state index is 9.02. The summed E-state index contributed by atoms with van der Waals surface area (Å²) in [6.45, 7) is 12.1. The van der Waals surface area contributed by atoms with Crippen LogP contribution in [-0.2, 0) is 9.47 Å². The molecule has 0 aliphatic heterocycles. The summed E-state index contributed by atoms with van der Waals surface area (Å²) in [5.41, 5.74) is -0.280. The van der Waals surface area contributed by atoms with Crippen LogP contribution in [0.5, 0.6) is 0 Å². The molecule has 1 N–H and O–H groups in total. The van der Waals surface area contributed by atoms with Crippen LogP contribution in [0.1, 0.15) is 60.3 Å². The van der Waals surface area contributed by atoms with Gasteiger partial charge in [-0.3, -0.25) is 0 Å². The first-order valence-electron chi connectivity index (χ1n) is 6.84. The summed E-state index contributed by atoms with van der Waals surface area (Å²) in [4.78, 5) is 0. The predicted molar refractivity (Wildman–Crippen MR) is 71.3 cm³/mol. The third-order valence-electron chi connectivity index (χ3n) is 3.71. The molecule has 2 unspecified atom stereocenters. The lowest BCUT2D eigenvalue weighted by atomic mass is 9.97. The highest BCUT2D eigenvalue weighted by Crippen LogP contribution is 2.24. The van der Waals surface area contributed by atoms with Crippen molar-refractivity contribution in [2.24, 2.45) is 0 Å². The fraction of sp³-hybridized carbons (Fsp3) is 1.00. The number of rotatable bonds is 10. The molecule has 0 spiro atoms. The first kappa shape index (κ1) is 16.9. The van der Waals surface area contributed by atoms with Gasteiger partial charge in [0.2, 0.25) is 0 Å². The molecule has 0 aliphatic rings. The van der Waals surface area contributed by atoms with Crippen LogP contribution >= 0.6 is 0 Å². The van der Waals surface area contributed by atoms with E-state index in [-0.39, 0.29) is 17.8 Å². The molecule has 0 saturated carbocycles. The molecule has 0 rings (SSSR count). The Morgan fingerprint density at radius 2 is 1.41 bits per heavy atom. The van der Waals surface area contributed by atoms with E-state index in [0.29, 0.717) is 13.0 Å². The fourth-order valence-electron chi connectivity index (χ4n) is 1.80. The lowest BCUT2D eigenvalue weighted by Gasteiger charge is -2.32. The molecule has 0 aromatic carbocycles. The second-order valence-electron chi connectivity index (χ2n) is 5.11. The molecule has 0 aromatic rings. The molecular weight excluding hydrogens is 216 g/mol. The van der Waals surface area contributed by atoms with Crippen molar-refractivity contribution < 1.29 is 14.6 Å². The molecule has 0 radical (unpaired) electrons. The van der Waals surface area contributed by atoms with Gasteiger partial charge in [-0.2, -0.15) is 0 Å². The number of ether oxygens (including phenoxy) is 2. The zero-order valence-corrected chi connectivity index (χ0v) is 12.2. The van der Waals surface area contributed by atoms with Crippen LogP contribution in [-0.4, -0.2) is 36.1 Å². The van der Waals surface area contributed by atoms with Crippen molar-refractivity contribution in [1.82, 2.24) is 0 Å². The van der Waals surface area contributed by atoms with Crippen LogP contribution in [0, 0.1) is 0 Å². The molecule has 0 amide bonds. The Bertz CT molecular complexity index is 176. The largest absolute Gasteiger partial charge is 0.396 e. The van der Waals surface area contributed by atoms with Gasteiger partial charge < -0.3 is 14.6 Å². The SMILES string of the molecule is CCOC(C)(CC)CCOC(C)(CC)CCO. The van der Waals surface area contributed by atoms with Gasteiger partial charge in [-0.05, 0) is 46.5 Å². The standard InChI is InChI=1S/C14H30O3/c1-6-13(4,9-11-15)17-12-10-14(5,7-2)16-8-3/h15H,6-12H2,1-5H3. The minimum atomic E-state index is -0.199. The molecule has 0 aliphatic carbocycles. The maximum Gasteiger partial charge on any atom is 0.0673 e. The first-order valence-corrected chi connectivity index (χ1v) is 6.84. The van der Waals surface area contributed by atoms with E-state index < -0.39 is 0 Å². The van der Waals surface area contributed by atoms with Gasteiger partial charge in [0, 0.05) is 13.2 Å². The van der Waals surface area contributed by atoms with Crippen LogP contribution in [0.25, 0.3) is 0 Å². The van der Waals surface area contributed by atoms with Gasteiger partial charge in [-0.25, -0.2) is 0 Å². The van der Waals surface area contributed by atoms with Gasteiger partial charge in [0.1, 0.15) is 0 Å². The minimum Gasteiger partial charge on any atom is -0.396 e. The van der Waals surface area contributed by atoms with E-state index in [0.717, 1.165) is 25.9 Å². The molecule has 0 fully saturated rings. The molecule has 0 saturated heterocycles. The van der Waals surface area contributed by atoms with Gasteiger partial charge in [0.15, 0.2) is 0 Å². The Labute approximate surface area is 107 Å². The summed E-state index contributed by atoms with van der Waals surface area (Å²) < 4.78 is 11.7. The highest BCUT2D eigenvalue weighted by atomic mass is 16.5. The van der Waals surface area contributed by atoms with E-state index in [1.807, 2.05) is 6.92 Å². The van der Waals surface area contributed by atoms with Crippen molar-refractivity contribution in [3.05, 3.63) is 0 Å². The van der Waals surface area contributed by atoms with E-state index >= 15 is 0 Å². The zero-order chi connectivity index (χ0) is 13.4. The second kappa shape index (κ2) is 8.06. The Morgan fingerprint density at radius 1 is 0.882 bits per heavy atom. The Morgan fingerprint density at radius 3 is 1.82 bits per heavy atom. The quantitative estimate of drug-likeness (QED) is 0.643. The van der Waals surface area contributed by atoms with Crippen molar-refractivity contribution in [3.63, 3.8) is 0 Å². The average molecular weight is 246 g/mol. The lowest BCUT2D eigenvalue weighted by Crippen LogP contribution is -2.34. The van der Waals surface area contributed by atoms with E-state index in [1.54, 1.807) is 0 Å². The smallest absolute Gasteiger partial charge is 0.0673 e. The highest BCUT2D eigenvalue weighted by molar-refractivity contribution is 4.76. The van der Waals surface area contributed by atoms with E-state index in [2.05, 4.69) is 27.7 Å². The molecular formula is C14H30O3. The molecule has 2 atom stereocenters. The summed E-state index contributed by atoms with van der Waals surface area (Å²) in [5, 5.41) is 9.02. The van der Waals surface area contributed by atoms with Crippen LogP contribution < -0.4 is 0 Å². The Balaban J connectivity index is 4.10. The third-order valence-corrected chi connectivity index (χ3v) is 3.71. The number of aliphatic hydroxyl groups is 1. The number of aliphatic hydroxyl groups excluding tert-OH is 1. The zero-order valence-electron chi connectivity index (χ0n) is 12.2. The van der Waals surface area contributed by atoms with Gasteiger partial charge in [0.05, 0.1) is 17.8 Å². The molecule has 17 heavy (non-hydrogen) atoms. The summed E-state index contributed by atoms with van der Waals surface area (Å²) in [6, 6.07) is 0. The molecule has 0 aromatic heterocycles. The van der Waals surface area contributed by atoms with Crippen LogP contribution in [0.15, 0.2) is 0 Å². The average Bonchev–Trinajstić information content (AvgIpc) is 2.30. The Kier molecular flexibility index (Phi) is 8.01. The van der Waals surface area contributed by atoms with Crippen molar-refractivity contribution in [2.45, 2.75) is 71.5 Å². The lowest BCUT2D eigenvalue weighted by molar-refractivity contribution is -0.0909. The van der Waals surface area contributed by atoms with Crippen LogP contribution in [0.3, 0.4) is 0 Å². The second-order valence-corrected chi connectivity index (χ2v) is 5.11. The highest BCUT2D eigenvalue weighted by Gasteiger charge is 2.26. The molecule has 0 bridgehead atoms. The van der Waals surface area contributed by atoms with E-state index in [4.69, 9.17) is 14.6 Å². The van der Waals surface area contributed by atoms with Gasteiger partial charge in [-0.1, -0.05) is 13.8 Å². The van der Waals surface area contributed by atoms with Gasteiger partial charge in [0.25, 0.3) is 0 Å². The minimum absolute atomic E-state index is 0.0807. The fourth-order valence-corrected chi connectivity index (χ4v) is 1.80. The van der Waals surface area contributed by atoms with Crippen molar-refractivity contribution in [2.75, 3.05) is 19.8 Å². The van der Waals surface area contributed by atoms with Gasteiger partial charge in [-0.15, -0.1) is 0 Å².